The lowest BCUT2D eigenvalue weighted by Crippen LogP contribution is -2.25. The average Bonchev–Trinajstić information content (AvgIpc) is 2.24. The van der Waals surface area contributed by atoms with Crippen molar-refractivity contribution in [2.45, 2.75) is 26.2 Å². The Morgan fingerprint density at radius 1 is 1.07 bits per heavy atom. The predicted octanol–water partition coefficient (Wildman–Crippen LogP) is 2.44. The van der Waals surface area contributed by atoms with Crippen LogP contribution in [0.15, 0.2) is 25.3 Å². The van der Waals surface area contributed by atoms with Gasteiger partial charge in [-0.3, -0.25) is 4.90 Å². The van der Waals surface area contributed by atoms with Crippen molar-refractivity contribution < 1.29 is 0 Å². The Labute approximate surface area is 95.0 Å². The minimum Gasteiger partial charge on any atom is -0.317 e. The Hall–Kier alpha value is -0.600. The summed E-state index contributed by atoms with van der Waals surface area (Å²) in [5.41, 5.74) is 0. The Kier molecular flexibility index (Phi) is 11.0. The van der Waals surface area contributed by atoms with E-state index in [1.807, 2.05) is 12.2 Å². The average molecular weight is 210 g/mol. The van der Waals surface area contributed by atoms with Crippen molar-refractivity contribution in [3.8, 4) is 0 Å². The first-order valence-electron chi connectivity index (χ1n) is 6.00. The Bertz CT molecular complexity index is 145. The van der Waals surface area contributed by atoms with Crippen LogP contribution < -0.4 is 5.32 Å². The summed E-state index contributed by atoms with van der Waals surface area (Å²) in [6, 6.07) is 0. The molecule has 0 aliphatic rings. The molecular weight excluding hydrogens is 184 g/mol. The van der Waals surface area contributed by atoms with Crippen LogP contribution in [0.5, 0.6) is 0 Å². The second kappa shape index (κ2) is 11.5. The maximum absolute atomic E-state index is 3.77. The molecule has 88 valence electrons. The number of hydrogen-bond donors (Lipinski definition) is 1. The molecule has 0 amide bonds. The highest BCUT2D eigenvalue weighted by Crippen LogP contribution is 1.98. The molecule has 0 aliphatic heterocycles. The first kappa shape index (κ1) is 14.4. The molecule has 0 saturated heterocycles. The van der Waals surface area contributed by atoms with Gasteiger partial charge in [0.2, 0.25) is 0 Å². The molecule has 0 rings (SSSR count). The Morgan fingerprint density at radius 2 is 1.73 bits per heavy atom. The van der Waals surface area contributed by atoms with E-state index in [1.54, 1.807) is 0 Å². The van der Waals surface area contributed by atoms with Crippen molar-refractivity contribution in [3.63, 3.8) is 0 Å². The zero-order valence-corrected chi connectivity index (χ0v) is 10.2. The highest BCUT2D eigenvalue weighted by atomic mass is 15.1. The highest BCUT2D eigenvalue weighted by Gasteiger charge is 1.99. The van der Waals surface area contributed by atoms with Crippen molar-refractivity contribution in [1.29, 1.82) is 0 Å². The lowest BCUT2D eigenvalue weighted by Gasteiger charge is -2.18. The number of nitrogens with zero attached hydrogens (tertiary/aromatic N) is 1. The third-order valence-electron chi connectivity index (χ3n) is 2.35. The van der Waals surface area contributed by atoms with Gasteiger partial charge >= 0.3 is 0 Å². The molecule has 0 unspecified atom stereocenters. The van der Waals surface area contributed by atoms with Crippen LogP contribution in [0.2, 0.25) is 0 Å². The van der Waals surface area contributed by atoms with Gasteiger partial charge in [-0.15, -0.1) is 13.2 Å². The molecule has 0 aromatic carbocycles. The lowest BCUT2D eigenvalue weighted by atomic mass is 10.2. The summed E-state index contributed by atoms with van der Waals surface area (Å²) in [7, 11) is 0. The van der Waals surface area contributed by atoms with E-state index in [4.69, 9.17) is 0 Å². The molecule has 0 saturated carbocycles. The first-order chi connectivity index (χ1) is 7.35. The van der Waals surface area contributed by atoms with Gasteiger partial charge in [0.05, 0.1) is 0 Å². The third kappa shape index (κ3) is 9.70. The molecule has 2 heteroatoms. The number of unbranched alkanes of at least 4 members (excludes halogenated alkanes) is 2. The molecule has 0 heterocycles. The van der Waals surface area contributed by atoms with Crippen molar-refractivity contribution in [2.24, 2.45) is 0 Å². The van der Waals surface area contributed by atoms with Crippen molar-refractivity contribution in [1.82, 2.24) is 10.2 Å². The van der Waals surface area contributed by atoms with E-state index in [0.29, 0.717) is 0 Å². The smallest absolute Gasteiger partial charge is 0.0163 e. The molecule has 0 bridgehead atoms. The summed E-state index contributed by atoms with van der Waals surface area (Å²) in [6.07, 6.45) is 7.78. The van der Waals surface area contributed by atoms with E-state index in [9.17, 15) is 0 Å². The molecular formula is C13H26N2. The summed E-state index contributed by atoms with van der Waals surface area (Å²) >= 11 is 0. The zero-order valence-electron chi connectivity index (χ0n) is 10.2. The van der Waals surface area contributed by atoms with E-state index in [-0.39, 0.29) is 0 Å². The largest absolute Gasteiger partial charge is 0.317 e. The standard InChI is InChI=1S/C13H26N2/c1-4-11-15(12-5-2)13-9-7-8-10-14-6-3/h4-5,14H,1-2,6-13H2,3H3. The monoisotopic (exact) mass is 210 g/mol. The fourth-order valence-electron chi connectivity index (χ4n) is 1.56. The van der Waals surface area contributed by atoms with Crippen LogP contribution in [-0.2, 0) is 0 Å². The molecule has 0 radical (unpaired) electrons. The quantitative estimate of drug-likeness (QED) is 0.416. The third-order valence-corrected chi connectivity index (χ3v) is 2.35. The molecule has 0 spiro atoms. The molecule has 2 nitrogen and oxygen atoms in total. The van der Waals surface area contributed by atoms with Crippen molar-refractivity contribution in [3.05, 3.63) is 25.3 Å². The topological polar surface area (TPSA) is 15.3 Å². The van der Waals surface area contributed by atoms with Gasteiger partial charge in [-0.25, -0.2) is 0 Å². The highest BCUT2D eigenvalue weighted by molar-refractivity contribution is 4.79. The van der Waals surface area contributed by atoms with Gasteiger partial charge in [-0.1, -0.05) is 25.5 Å². The zero-order chi connectivity index (χ0) is 11.4. The van der Waals surface area contributed by atoms with Crippen LogP contribution in [0.4, 0.5) is 0 Å². The second-order valence-corrected chi connectivity index (χ2v) is 3.75. The first-order valence-corrected chi connectivity index (χ1v) is 6.00. The Balaban J connectivity index is 3.35. The van der Waals surface area contributed by atoms with Crippen molar-refractivity contribution in [2.75, 3.05) is 32.7 Å². The summed E-state index contributed by atoms with van der Waals surface area (Å²) in [6.45, 7) is 15.0. The molecule has 15 heavy (non-hydrogen) atoms. The molecule has 1 N–H and O–H groups in total. The fourth-order valence-corrected chi connectivity index (χ4v) is 1.56. The fraction of sp³-hybridized carbons (Fsp3) is 0.692. The van der Waals surface area contributed by atoms with Gasteiger partial charge in [-0.2, -0.15) is 0 Å². The molecule has 0 aliphatic carbocycles. The number of nitrogens with one attached hydrogen (secondary N) is 1. The lowest BCUT2D eigenvalue weighted by molar-refractivity contribution is 0.325. The summed E-state index contributed by atoms with van der Waals surface area (Å²) in [5.74, 6) is 0. The second-order valence-electron chi connectivity index (χ2n) is 3.75. The van der Waals surface area contributed by atoms with Gasteiger partial charge in [0, 0.05) is 13.1 Å². The molecule has 0 fully saturated rings. The van der Waals surface area contributed by atoms with Gasteiger partial charge in [0.15, 0.2) is 0 Å². The Morgan fingerprint density at radius 3 is 2.27 bits per heavy atom. The molecule has 0 atom stereocenters. The van der Waals surface area contributed by atoms with Crippen LogP contribution in [0.25, 0.3) is 0 Å². The maximum atomic E-state index is 3.77. The number of hydrogen-bond acceptors (Lipinski definition) is 2. The minimum absolute atomic E-state index is 0.971. The summed E-state index contributed by atoms with van der Waals surface area (Å²) < 4.78 is 0. The van der Waals surface area contributed by atoms with Crippen LogP contribution >= 0.6 is 0 Å². The van der Waals surface area contributed by atoms with Gasteiger partial charge in [-0.05, 0) is 32.5 Å². The maximum Gasteiger partial charge on any atom is 0.0163 e. The van der Waals surface area contributed by atoms with Crippen molar-refractivity contribution >= 4 is 0 Å². The summed E-state index contributed by atoms with van der Waals surface area (Å²) in [5, 5.41) is 3.34. The van der Waals surface area contributed by atoms with E-state index in [2.05, 4.69) is 30.3 Å². The van der Waals surface area contributed by atoms with Gasteiger partial charge < -0.3 is 5.32 Å². The minimum atomic E-state index is 0.971. The predicted molar refractivity (Wildman–Crippen MR) is 69.2 cm³/mol. The summed E-state index contributed by atoms with van der Waals surface area (Å²) in [4.78, 5) is 2.37. The van der Waals surface area contributed by atoms with Crippen LogP contribution in [-0.4, -0.2) is 37.6 Å². The van der Waals surface area contributed by atoms with Gasteiger partial charge in [0.25, 0.3) is 0 Å². The van der Waals surface area contributed by atoms with E-state index < -0.39 is 0 Å². The van der Waals surface area contributed by atoms with E-state index in [0.717, 1.165) is 32.7 Å². The van der Waals surface area contributed by atoms with E-state index in [1.165, 1.54) is 19.3 Å². The van der Waals surface area contributed by atoms with Gasteiger partial charge in [0.1, 0.15) is 0 Å². The normalized spacial score (nSPS) is 10.5. The van der Waals surface area contributed by atoms with Crippen LogP contribution in [0, 0.1) is 0 Å². The number of rotatable bonds is 11. The molecule has 0 aromatic heterocycles. The SMILES string of the molecule is C=CCN(CC=C)CCCCCNCC. The van der Waals surface area contributed by atoms with Crippen LogP contribution in [0.1, 0.15) is 26.2 Å². The molecule has 0 aromatic rings. The van der Waals surface area contributed by atoms with Crippen LogP contribution in [0.3, 0.4) is 0 Å². The van der Waals surface area contributed by atoms with E-state index >= 15 is 0 Å².